The van der Waals surface area contributed by atoms with Gasteiger partial charge >= 0.3 is 0 Å². The van der Waals surface area contributed by atoms with E-state index >= 15 is 0 Å². The summed E-state index contributed by atoms with van der Waals surface area (Å²) in [5, 5.41) is 3.66. The summed E-state index contributed by atoms with van der Waals surface area (Å²) < 4.78 is 0. The van der Waals surface area contributed by atoms with E-state index in [2.05, 4.69) is 85.7 Å². The Bertz CT molecular complexity index is 536. The molecule has 0 fully saturated rings. The average Bonchev–Trinajstić information content (AvgIpc) is 2.52. The summed E-state index contributed by atoms with van der Waals surface area (Å²) in [6, 6.07) is 19.7. The van der Waals surface area contributed by atoms with Crippen molar-refractivity contribution in [3.05, 3.63) is 65.7 Å². The lowest BCUT2D eigenvalue weighted by Gasteiger charge is -2.27. The van der Waals surface area contributed by atoms with Crippen LogP contribution in [0.3, 0.4) is 0 Å². The van der Waals surface area contributed by atoms with Crippen LogP contribution in [0.15, 0.2) is 54.6 Å². The molecule has 112 valence electrons. The van der Waals surface area contributed by atoms with Crippen molar-refractivity contribution in [2.24, 2.45) is 0 Å². The zero-order valence-corrected chi connectivity index (χ0v) is 13.3. The van der Waals surface area contributed by atoms with Crippen molar-refractivity contribution in [2.75, 3.05) is 25.0 Å². The van der Waals surface area contributed by atoms with Crippen LogP contribution in [-0.2, 0) is 0 Å². The maximum Gasteiger partial charge on any atom is 0.0498 e. The van der Waals surface area contributed by atoms with Crippen LogP contribution in [0.25, 0.3) is 0 Å². The molecule has 21 heavy (non-hydrogen) atoms. The third-order valence-corrected chi connectivity index (χ3v) is 3.74. The van der Waals surface area contributed by atoms with Gasteiger partial charge in [-0.1, -0.05) is 49.4 Å². The summed E-state index contributed by atoms with van der Waals surface area (Å²) in [7, 11) is 2.17. The van der Waals surface area contributed by atoms with E-state index in [0.29, 0.717) is 6.04 Å². The lowest BCUT2D eigenvalue weighted by atomic mass is 10.1. The van der Waals surface area contributed by atoms with Crippen LogP contribution in [0.4, 0.5) is 5.69 Å². The van der Waals surface area contributed by atoms with Crippen LogP contribution < -0.4 is 10.2 Å². The molecule has 0 radical (unpaired) electrons. The van der Waals surface area contributed by atoms with Crippen molar-refractivity contribution in [1.29, 1.82) is 0 Å². The van der Waals surface area contributed by atoms with E-state index in [4.69, 9.17) is 0 Å². The first kappa shape index (κ1) is 15.6. The van der Waals surface area contributed by atoms with Crippen molar-refractivity contribution >= 4 is 5.69 Å². The van der Waals surface area contributed by atoms with Gasteiger partial charge in [0.05, 0.1) is 0 Å². The van der Waals surface area contributed by atoms with E-state index in [9.17, 15) is 0 Å². The highest BCUT2D eigenvalue weighted by Crippen LogP contribution is 2.19. The molecule has 1 unspecified atom stereocenters. The zero-order valence-electron chi connectivity index (χ0n) is 13.3. The highest BCUT2D eigenvalue weighted by Gasteiger charge is 2.13. The topological polar surface area (TPSA) is 15.3 Å². The fraction of sp³-hybridized carbons (Fsp3) is 0.368. The Kier molecular flexibility index (Phi) is 5.82. The normalized spacial score (nSPS) is 12.1. The van der Waals surface area contributed by atoms with E-state index in [1.165, 1.54) is 16.8 Å². The van der Waals surface area contributed by atoms with Crippen LogP contribution in [0.2, 0.25) is 0 Å². The fourth-order valence-corrected chi connectivity index (χ4v) is 2.54. The minimum Gasteiger partial charge on any atom is -0.373 e. The summed E-state index contributed by atoms with van der Waals surface area (Å²) >= 11 is 0. The molecule has 0 aliphatic rings. The van der Waals surface area contributed by atoms with Gasteiger partial charge in [-0.15, -0.1) is 0 Å². The number of aryl methyl sites for hydroxylation is 1. The molecule has 0 saturated heterocycles. The predicted octanol–water partition coefficient (Wildman–Crippen LogP) is 4.17. The van der Waals surface area contributed by atoms with Crippen LogP contribution >= 0.6 is 0 Å². The number of anilines is 1. The number of rotatable bonds is 7. The van der Waals surface area contributed by atoms with Crippen LogP contribution in [0, 0.1) is 6.92 Å². The number of likely N-dealkylation sites (N-methyl/N-ethyl adjacent to an activating group) is 1. The molecule has 0 aromatic heterocycles. The van der Waals surface area contributed by atoms with Gasteiger partial charge in [-0.25, -0.2) is 0 Å². The van der Waals surface area contributed by atoms with Crippen LogP contribution in [0.1, 0.15) is 30.5 Å². The Hall–Kier alpha value is -1.80. The number of hydrogen-bond donors (Lipinski definition) is 1. The van der Waals surface area contributed by atoms with Crippen molar-refractivity contribution in [2.45, 2.75) is 26.3 Å². The fourth-order valence-electron chi connectivity index (χ4n) is 2.54. The molecular formula is C19H26N2. The second-order valence-corrected chi connectivity index (χ2v) is 5.64. The maximum absolute atomic E-state index is 3.66. The molecule has 2 heteroatoms. The van der Waals surface area contributed by atoms with Gasteiger partial charge in [0.25, 0.3) is 0 Å². The Morgan fingerprint density at radius 3 is 2.48 bits per heavy atom. The van der Waals surface area contributed by atoms with E-state index < -0.39 is 0 Å². The molecule has 0 aliphatic heterocycles. The lowest BCUT2D eigenvalue weighted by Crippen LogP contribution is -2.33. The van der Waals surface area contributed by atoms with Gasteiger partial charge in [-0.3, -0.25) is 0 Å². The zero-order chi connectivity index (χ0) is 15.1. The second-order valence-electron chi connectivity index (χ2n) is 5.64. The minimum atomic E-state index is 0.358. The van der Waals surface area contributed by atoms with Crippen molar-refractivity contribution in [3.8, 4) is 0 Å². The van der Waals surface area contributed by atoms with E-state index in [1.54, 1.807) is 0 Å². The average molecular weight is 282 g/mol. The SMILES string of the molecule is CCCNC(CN(C)c1cccc(C)c1)c1ccccc1. The summed E-state index contributed by atoms with van der Waals surface area (Å²) in [6.45, 7) is 6.36. The summed E-state index contributed by atoms with van der Waals surface area (Å²) in [4.78, 5) is 2.33. The molecule has 1 atom stereocenters. The van der Waals surface area contributed by atoms with Crippen molar-refractivity contribution in [3.63, 3.8) is 0 Å². The third kappa shape index (κ3) is 4.61. The van der Waals surface area contributed by atoms with Crippen molar-refractivity contribution in [1.82, 2.24) is 5.32 Å². The Labute approximate surface area is 128 Å². The molecule has 0 bridgehead atoms. The number of hydrogen-bond acceptors (Lipinski definition) is 2. The molecule has 2 aromatic rings. The first-order valence-electron chi connectivity index (χ1n) is 7.77. The molecule has 2 aromatic carbocycles. The Balaban J connectivity index is 2.11. The van der Waals surface area contributed by atoms with Gasteiger partial charge < -0.3 is 10.2 Å². The largest absolute Gasteiger partial charge is 0.373 e. The Morgan fingerprint density at radius 2 is 1.81 bits per heavy atom. The van der Waals surface area contributed by atoms with Crippen LogP contribution in [0.5, 0.6) is 0 Å². The number of nitrogens with zero attached hydrogens (tertiary/aromatic N) is 1. The minimum absolute atomic E-state index is 0.358. The summed E-state index contributed by atoms with van der Waals surface area (Å²) in [5.74, 6) is 0. The van der Waals surface area contributed by atoms with E-state index in [0.717, 1.165) is 19.5 Å². The number of nitrogens with one attached hydrogen (secondary N) is 1. The quantitative estimate of drug-likeness (QED) is 0.820. The molecular weight excluding hydrogens is 256 g/mol. The molecule has 2 rings (SSSR count). The first-order valence-corrected chi connectivity index (χ1v) is 7.77. The van der Waals surface area contributed by atoms with Gasteiger partial charge in [0, 0.05) is 25.3 Å². The molecule has 0 heterocycles. The summed E-state index contributed by atoms with van der Waals surface area (Å²) in [6.07, 6.45) is 1.15. The van der Waals surface area contributed by atoms with Gasteiger partial charge in [0.15, 0.2) is 0 Å². The third-order valence-electron chi connectivity index (χ3n) is 3.74. The molecule has 2 nitrogen and oxygen atoms in total. The molecule has 1 N–H and O–H groups in total. The highest BCUT2D eigenvalue weighted by atomic mass is 15.1. The van der Waals surface area contributed by atoms with E-state index in [1.807, 2.05) is 0 Å². The maximum atomic E-state index is 3.66. The monoisotopic (exact) mass is 282 g/mol. The lowest BCUT2D eigenvalue weighted by molar-refractivity contribution is 0.530. The smallest absolute Gasteiger partial charge is 0.0498 e. The second kappa shape index (κ2) is 7.84. The highest BCUT2D eigenvalue weighted by molar-refractivity contribution is 5.48. The van der Waals surface area contributed by atoms with Gasteiger partial charge in [-0.2, -0.15) is 0 Å². The molecule has 0 spiro atoms. The summed E-state index contributed by atoms with van der Waals surface area (Å²) in [5.41, 5.74) is 3.93. The van der Waals surface area contributed by atoms with E-state index in [-0.39, 0.29) is 0 Å². The molecule has 0 amide bonds. The molecule has 0 aliphatic carbocycles. The standard InChI is InChI=1S/C19H26N2/c1-4-13-20-19(17-10-6-5-7-11-17)15-21(3)18-12-8-9-16(2)14-18/h5-12,14,19-20H,4,13,15H2,1-3H3. The van der Waals surface area contributed by atoms with Crippen molar-refractivity contribution < 1.29 is 0 Å². The van der Waals surface area contributed by atoms with Gasteiger partial charge in [-0.05, 0) is 43.1 Å². The number of benzene rings is 2. The predicted molar refractivity (Wildman–Crippen MR) is 91.9 cm³/mol. The van der Waals surface area contributed by atoms with Crippen LogP contribution in [-0.4, -0.2) is 20.1 Å². The molecule has 0 saturated carbocycles. The first-order chi connectivity index (χ1) is 10.2. The Morgan fingerprint density at radius 1 is 1.05 bits per heavy atom. The van der Waals surface area contributed by atoms with Gasteiger partial charge in [0.2, 0.25) is 0 Å². The van der Waals surface area contributed by atoms with Gasteiger partial charge in [0.1, 0.15) is 0 Å².